The summed E-state index contributed by atoms with van der Waals surface area (Å²) in [4.78, 5) is 11.2. The monoisotopic (exact) mass is 139 g/mol. The van der Waals surface area contributed by atoms with Gasteiger partial charge in [0.05, 0.1) is 5.41 Å². The fraction of sp³-hybridized carbons (Fsp3) is 0.714. The molecule has 0 aliphatic carbocycles. The molecule has 0 aromatic heterocycles. The van der Waals surface area contributed by atoms with Crippen LogP contribution in [0.4, 0.5) is 0 Å². The lowest BCUT2D eigenvalue weighted by Gasteiger charge is -2.15. The Balaban J connectivity index is 2.19. The summed E-state index contributed by atoms with van der Waals surface area (Å²) >= 11 is 0. The summed E-state index contributed by atoms with van der Waals surface area (Å²) < 4.78 is 0. The van der Waals surface area contributed by atoms with Crippen molar-refractivity contribution in [2.75, 3.05) is 13.1 Å². The van der Waals surface area contributed by atoms with E-state index in [1.807, 2.05) is 6.54 Å². The number of amides is 1. The van der Waals surface area contributed by atoms with Crippen LogP contribution in [0.1, 0.15) is 12.8 Å². The summed E-state index contributed by atoms with van der Waals surface area (Å²) in [6, 6.07) is 0. The standard InChI is InChI=1S/C7H11N2O/c10-6-7(2-4-9-6)1-3-8-5-7/h5,8H,1-4H2,(H,9,10). The van der Waals surface area contributed by atoms with E-state index in [0.29, 0.717) is 0 Å². The van der Waals surface area contributed by atoms with Gasteiger partial charge in [0.25, 0.3) is 0 Å². The SMILES string of the molecule is O=C1NCCC12[CH]NCC2. The van der Waals surface area contributed by atoms with Gasteiger partial charge in [0.2, 0.25) is 5.91 Å². The van der Waals surface area contributed by atoms with Gasteiger partial charge in [0.1, 0.15) is 0 Å². The van der Waals surface area contributed by atoms with Gasteiger partial charge in [0, 0.05) is 13.1 Å². The number of carbonyl (C=O) groups is 1. The van der Waals surface area contributed by atoms with Crippen molar-refractivity contribution in [3.63, 3.8) is 0 Å². The third kappa shape index (κ3) is 0.669. The molecule has 0 aromatic carbocycles. The van der Waals surface area contributed by atoms with Crippen molar-refractivity contribution in [3.8, 4) is 0 Å². The molecule has 2 heterocycles. The first-order valence-corrected chi connectivity index (χ1v) is 3.70. The van der Waals surface area contributed by atoms with Gasteiger partial charge in [-0.05, 0) is 19.4 Å². The minimum Gasteiger partial charge on any atom is -0.356 e. The molecule has 1 amide bonds. The highest BCUT2D eigenvalue weighted by molar-refractivity contribution is 5.86. The van der Waals surface area contributed by atoms with E-state index in [9.17, 15) is 4.79 Å². The third-order valence-corrected chi connectivity index (χ3v) is 2.40. The van der Waals surface area contributed by atoms with Crippen molar-refractivity contribution in [1.82, 2.24) is 10.6 Å². The van der Waals surface area contributed by atoms with Crippen LogP contribution in [0, 0.1) is 12.0 Å². The summed E-state index contributed by atoms with van der Waals surface area (Å²) in [7, 11) is 0. The van der Waals surface area contributed by atoms with E-state index in [4.69, 9.17) is 0 Å². The first-order valence-electron chi connectivity index (χ1n) is 3.70. The molecule has 1 unspecified atom stereocenters. The molecule has 1 atom stereocenters. The Morgan fingerprint density at radius 2 is 2.20 bits per heavy atom. The van der Waals surface area contributed by atoms with Crippen LogP contribution in [0.2, 0.25) is 0 Å². The third-order valence-electron chi connectivity index (χ3n) is 2.40. The van der Waals surface area contributed by atoms with Crippen molar-refractivity contribution in [1.29, 1.82) is 0 Å². The van der Waals surface area contributed by atoms with Gasteiger partial charge in [-0.25, -0.2) is 0 Å². The van der Waals surface area contributed by atoms with E-state index >= 15 is 0 Å². The minimum atomic E-state index is -0.139. The van der Waals surface area contributed by atoms with Crippen LogP contribution in [0.3, 0.4) is 0 Å². The minimum absolute atomic E-state index is 0.139. The summed E-state index contributed by atoms with van der Waals surface area (Å²) in [5.41, 5.74) is -0.139. The molecule has 0 bridgehead atoms. The highest BCUT2D eigenvalue weighted by Crippen LogP contribution is 2.35. The lowest BCUT2D eigenvalue weighted by atomic mass is 9.86. The van der Waals surface area contributed by atoms with Crippen LogP contribution >= 0.6 is 0 Å². The molecule has 2 aliphatic heterocycles. The van der Waals surface area contributed by atoms with Crippen LogP contribution in [-0.4, -0.2) is 19.0 Å². The molecule has 2 fully saturated rings. The highest BCUT2D eigenvalue weighted by atomic mass is 16.2. The molecular weight excluding hydrogens is 128 g/mol. The Morgan fingerprint density at radius 1 is 1.40 bits per heavy atom. The quantitative estimate of drug-likeness (QED) is 0.481. The molecule has 2 N–H and O–H groups in total. The molecule has 0 aromatic rings. The second-order valence-corrected chi connectivity index (χ2v) is 3.01. The number of carbonyl (C=O) groups excluding carboxylic acids is 1. The Labute approximate surface area is 60.2 Å². The van der Waals surface area contributed by atoms with E-state index in [1.54, 1.807) is 0 Å². The van der Waals surface area contributed by atoms with E-state index in [-0.39, 0.29) is 11.3 Å². The lowest BCUT2D eigenvalue weighted by molar-refractivity contribution is -0.125. The average Bonchev–Trinajstić information content (AvgIpc) is 2.48. The van der Waals surface area contributed by atoms with Crippen molar-refractivity contribution < 1.29 is 4.79 Å². The molecular formula is C7H11N2O. The first kappa shape index (κ1) is 6.16. The summed E-state index contributed by atoms with van der Waals surface area (Å²) in [6.07, 6.45) is 1.94. The van der Waals surface area contributed by atoms with Crippen LogP contribution in [-0.2, 0) is 4.79 Å². The van der Waals surface area contributed by atoms with Crippen LogP contribution in [0.15, 0.2) is 0 Å². The predicted octanol–water partition coefficient (Wildman–Crippen LogP) is -0.352. The Morgan fingerprint density at radius 3 is 2.70 bits per heavy atom. The fourth-order valence-corrected chi connectivity index (χ4v) is 1.70. The zero-order valence-corrected chi connectivity index (χ0v) is 5.81. The number of hydrogen-bond donors (Lipinski definition) is 2. The van der Waals surface area contributed by atoms with E-state index in [0.717, 1.165) is 25.9 Å². The molecule has 55 valence electrons. The fourth-order valence-electron chi connectivity index (χ4n) is 1.70. The zero-order chi connectivity index (χ0) is 7.03. The van der Waals surface area contributed by atoms with Crippen molar-refractivity contribution >= 4 is 5.91 Å². The molecule has 3 heteroatoms. The van der Waals surface area contributed by atoms with Crippen LogP contribution < -0.4 is 10.6 Å². The molecule has 1 radical (unpaired) electrons. The average molecular weight is 139 g/mol. The van der Waals surface area contributed by atoms with Gasteiger partial charge < -0.3 is 10.6 Å². The lowest BCUT2D eigenvalue weighted by Crippen LogP contribution is -2.29. The Bertz CT molecular complexity index is 155. The van der Waals surface area contributed by atoms with E-state index < -0.39 is 0 Å². The molecule has 2 rings (SSSR count). The van der Waals surface area contributed by atoms with Crippen LogP contribution in [0.5, 0.6) is 0 Å². The normalized spacial score (nSPS) is 39.0. The number of rotatable bonds is 0. The molecule has 3 nitrogen and oxygen atoms in total. The summed E-state index contributed by atoms with van der Waals surface area (Å²) in [6.45, 7) is 3.75. The van der Waals surface area contributed by atoms with Gasteiger partial charge in [0.15, 0.2) is 0 Å². The van der Waals surface area contributed by atoms with Crippen molar-refractivity contribution in [2.24, 2.45) is 5.41 Å². The van der Waals surface area contributed by atoms with Gasteiger partial charge in [-0.2, -0.15) is 0 Å². The second kappa shape index (κ2) is 1.95. The first-order chi connectivity index (χ1) is 4.83. The van der Waals surface area contributed by atoms with Crippen LogP contribution in [0.25, 0.3) is 0 Å². The Kier molecular flexibility index (Phi) is 1.20. The molecule has 2 aliphatic rings. The smallest absolute Gasteiger partial charge is 0.227 e. The summed E-state index contributed by atoms with van der Waals surface area (Å²) in [5.74, 6) is 0.206. The van der Waals surface area contributed by atoms with E-state index in [1.165, 1.54) is 0 Å². The molecule has 2 saturated heterocycles. The number of hydrogen-bond acceptors (Lipinski definition) is 2. The zero-order valence-electron chi connectivity index (χ0n) is 5.81. The maximum absolute atomic E-state index is 11.2. The van der Waals surface area contributed by atoms with Gasteiger partial charge in [-0.1, -0.05) is 0 Å². The second-order valence-electron chi connectivity index (χ2n) is 3.01. The van der Waals surface area contributed by atoms with E-state index in [2.05, 4.69) is 10.6 Å². The van der Waals surface area contributed by atoms with Crippen molar-refractivity contribution in [2.45, 2.75) is 12.8 Å². The topological polar surface area (TPSA) is 41.1 Å². The summed E-state index contributed by atoms with van der Waals surface area (Å²) in [5, 5.41) is 5.94. The highest BCUT2D eigenvalue weighted by Gasteiger charge is 2.44. The van der Waals surface area contributed by atoms with Crippen molar-refractivity contribution in [3.05, 3.63) is 6.54 Å². The van der Waals surface area contributed by atoms with Gasteiger partial charge >= 0.3 is 0 Å². The maximum Gasteiger partial charge on any atom is 0.227 e. The number of nitrogens with one attached hydrogen (secondary N) is 2. The van der Waals surface area contributed by atoms with Gasteiger partial charge in [-0.3, -0.25) is 4.79 Å². The van der Waals surface area contributed by atoms with Gasteiger partial charge in [-0.15, -0.1) is 0 Å². The largest absolute Gasteiger partial charge is 0.356 e. The molecule has 1 spiro atoms. The molecule has 10 heavy (non-hydrogen) atoms. The predicted molar refractivity (Wildman–Crippen MR) is 37.0 cm³/mol. The molecule has 0 saturated carbocycles. The maximum atomic E-state index is 11.2. The Hall–Kier alpha value is -0.570.